The van der Waals surface area contributed by atoms with Gasteiger partial charge in [-0.15, -0.1) is 0 Å². The Balaban J connectivity index is 1.99. The Labute approximate surface area is 173 Å². The summed E-state index contributed by atoms with van der Waals surface area (Å²) in [6.07, 6.45) is -0.889. The van der Waals surface area contributed by atoms with Gasteiger partial charge in [0.15, 0.2) is 6.10 Å². The van der Waals surface area contributed by atoms with Crippen LogP contribution in [0, 0.1) is 0 Å². The highest BCUT2D eigenvalue weighted by Crippen LogP contribution is 2.38. The van der Waals surface area contributed by atoms with Crippen LogP contribution in [-0.2, 0) is 19.6 Å². The normalized spacial score (nSPS) is 16.2. The fourth-order valence-corrected chi connectivity index (χ4v) is 4.58. The van der Waals surface area contributed by atoms with Gasteiger partial charge in [-0.3, -0.25) is 4.90 Å². The van der Waals surface area contributed by atoms with Gasteiger partial charge in [0.25, 0.3) is 10.0 Å². The van der Waals surface area contributed by atoms with Gasteiger partial charge in [0.2, 0.25) is 0 Å². The van der Waals surface area contributed by atoms with Crippen LogP contribution in [0.5, 0.6) is 5.75 Å². The van der Waals surface area contributed by atoms with Gasteiger partial charge in [0.1, 0.15) is 10.6 Å². The lowest BCUT2D eigenvalue weighted by Crippen LogP contribution is -2.49. The Hall–Kier alpha value is -2.78. The molecule has 0 fully saturated rings. The van der Waals surface area contributed by atoms with E-state index < -0.39 is 28.1 Å². The summed E-state index contributed by atoms with van der Waals surface area (Å²) in [5, 5.41) is 0.418. The quantitative estimate of drug-likeness (QED) is 0.664. The van der Waals surface area contributed by atoms with E-state index in [9.17, 15) is 18.0 Å². The Morgan fingerprint density at radius 3 is 2.45 bits per heavy atom. The minimum absolute atomic E-state index is 0.0642. The number of hydrogen-bond donors (Lipinski definition) is 0. The van der Waals surface area contributed by atoms with Gasteiger partial charge < -0.3 is 9.47 Å². The third-order valence-electron chi connectivity index (χ3n) is 4.26. The van der Waals surface area contributed by atoms with Crippen molar-refractivity contribution in [3.8, 4) is 5.75 Å². The zero-order chi connectivity index (χ0) is 21.3. The van der Waals surface area contributed by atoms with Crippen LogP contribution < -0.4 is 13.9 Å². The number of urea groups is 1. The van der Waals surface area contributed by atoms with E-state index in [2.05, 4.69) is 0 Å². The van der Waals surface area contributed by atoms with Crippen molar-refractivity contribution in [3.63, 3.8) is 0 Å². The van der Waals surface area contributed by atoms with Crippen molar-refractivity contribution >= 4 is 45.0 Å². The molecule has 0 radical (unpaired) electrons. The lowest BCUT2D eigenvalue weighted by Gasteiger charge is -2.34. The van der Waals surface area contributed by atoms with Crippen molar-refractivity contribution in [2.75, 3.05) is 22.9 Å². The van der Waals surface area contributed by atoms with Crippen molar-refractivity contribution in [1.82, 2.24) is 0 Å². The lowest BCUT2D eigenvalue weighted by molar-refractivity contribution is -0.150. The third-order valence-corrected chi connectivity index (χ3v) is 6.26. The average Bonchev–Trinajstić information content (AvgIpc) is 2.68. The van der Waals surface area contributed by atoms with Crippen LogP contribution in [0.15, 0.2) is 47.4 Å². The van der Waals surface area contributed by atoms with E-state index in [1.807, 2.05) is 0 Å². The molecular weight excluding hydrogens is 420 g/mol. The van der Waals surface area contributed by atoms with E-state index in [0.29, 0.717) is 9.33 Å². The Morgan fingerprint density at radius 2 is 1.83 bits per heavy atom. The first kappa shape index (κ1) is 20.9. The highest BCUT2D eigenvalue weighted by Gasteiger charge is 2.41. The number of hydrogen-bond acceptors (Lipinski definition) is 6. The van der Waals surface area contributed by atoms with E-state index >= 15 is 0 Å². The van der Waals surface area contributed by atoms with Crippen LogP contribution in [0.2, 0.25) is 5.02 Å². The molecule has 29 heavy (non-hydrogen) atoms. The summed E-state index contributed by atoms with van der Waals surface area (Å²) in [7, 11) is -2.69. The number of nitrogens with zero attached hydrogens (tertiary/aromatic N) is 2. The number of esters is 1. The molecule has 0 unspecified atom stereocenters. The molecule has 0 bridgehead atoms. The first-order valence-electron chi connectivity index (χ1n) is 8.72. The molecule has 1 aliphatic heterocycles. The molecule has 0 aromatic heterocycles. The molecule has 2 aromatic rings. The van der Waals surface area contributed by atoms with Crippen LogP contribution in [0.4, 0.5) is 16.2 Å². The van der Waals surface area contributed by atoms with Crippen LogP contribution in [-0.4, -0.2) is 40.2 Å². The number of carbonyl (C=O) groups excluding carboxylic acids is 2. The van der Waals surface area contributed by atoms with Crippen molar-refractivity contribution in [1.29, 1.82) is 0 Å². The van der Waals surface area contributed by atoms with Crippen LogP contribution in [0.25, 0.3) is 0 Å². The van der Waals surface area contributed by atoms with E-state index in [-0.39, 0.29) is 28.6 Å². The maximum Gasteiger partial charge on any atom is 0.347 e. The van der Waals surface area contributed by atoms with Gasteiger partial charge in [0, 0.05) is 18.1 Å². The molecule has 1 atom stereocenters. The standard InChI is InChI=1S/C19H19ClN2O6S/c1-4-27-18(23)12(2)28-15-9-10-17-16(11-15)21(3)19(24)22(29(17,25)26)14-7-5-13(20)6-8-14/h5-12H,4H2,1-3H3/t12-/m0/s1. The van der Waals surface area contributed by atoms with Crippen LogP contribution in [0.1, 0.15) is 13.8 Å². The SMILES string of the molecule is CCOC(=O)[C@H](C)Oc1ccc2c(c1)N(C)C(=O)N(c1ccc(Cl)cc1)S2(=O)=O. The molecule has 0 saturated carbocycles. The molecule has 0 aliphatic carbocycles. The van der Waals surface area contributed by atoms with E-state index in [1.165, 1.54) is 61.3 Å². The number of halogens is 1. The highest BCUT2D eigenvalue weighted by molar-refractivity contribution is 7.94. The van der Waals surface area contributed by atoms with Gasteiger partial charge in [0.05, 0.1) is 18.0 Å². The number of rotatable bonds is 5. The van der Waals surface area contributed by atoms with Gasteiger partial charge in [-0.05, 0) is 50.2 Å². The summed E-state index contributed by atoms with van der Waals surface area (Å²) < 4.78 is 37.3. The number of amides is 2. The summed E-state index contributed by atoms with van der Waals surface area (Å²) in [5.41, 5.74) is 0.321. The largest absolute Gasteiger partial charge is 0.479 e. The van der Waals surface area contributed by atoms with Gasteiger partial charge in [-0.25, -0.2) is 18.0 Å². The average molecular weight is 439 g/mol. The van der Waals surface area contributed by atoms with E-state index in [1.54, 1.807) is 6.92 Å². The second-order valence-corrected chi connectivity index (χ2v) is 8.42. The number of fused-ring (bicyclic) bond motifs is 1. The minimum Gasteiger partial charge on any atom is -0.479 e. The summed E-state index contributed by atoms with van der Waals surface area (Å²) in [6, 6.07) is 9.32. The van der Waals surface area contributed by atoms with Crippen molar-refractivity contribution in [3.05, 3.63) is 47.5 Å². The number of anilines is 2. The molecule has 3 rings (SSSR count). The van der Waals surface area contributed by atoms with Crippen LogP contribution in [0.3, 0.4) is 0 Å². The van der Waals surface area contributed by atoms with Gasteiger partial charge >= 0.3 is 12.0 Å². The maximum absolute atomic E-state index is 13.1. The monoisotopic (exact) mass is 438 g/mol. The molecule has 8 nitrogen and oxygen atoms in total. The van der Waals surface area contributed by atoms with Crippen molar-refractivity contribution < 1.29 is 27.5 Å². The Bertz CT molecular complexity index is 1050. The second kappa shape index (κ2) is 7.92. The topological polar surface area (TPSA) is 93.2 Å². The summed E-state index contributed by atoms with van der Waals surface area (Å²) in [5.74, 6) is -0.310. The predicted octanol–water partition coefficient (Wildman–Crippen LogP) is 3.44. The predicted molar refractivity (Wildman–Crippen MR) is 108 cm³/mol. The van der Waals surface area contributed by atoms with Crippen LogP contribution >= 0.6 is 11.6 Å². The smallest absolute Gasteiger partial charge is 0.347 e. The first-order chi connectivity index (χ1) is 13.7. The molecule has 2 aromatic carbocycles. The van der Waals surface area contributed by atoms with E-state index in [4.69, 9.17) is 21.1 Å². The molecule has 1 heterocycles. The second-order valence-electron chi connectivity index (χ2n) is 6.23. The zero-order valence-electron chi connectivity index (χ0n) is 16.0. The molecule has 0 spiro atoms. The van der Waals surface area contributed by atoms with E-state index in [0.717, 1.165) is 0 Å². The molecule has 2 amide bonds. The summed E-state index contributed by atoms with van der Waals surface area (Å²) in [6.45, 7) is 3.42. The maximum atomic E-state index is 13.1. The Morgan fingerprint density at radius 1 is 1.17 bits per heavy atom. The Kier molecular flexibility index (Phi) is 5.72. The summed E-state index contributed by atoms with van der Waals surface area (Å²) >= 11 is 5.86. The zero-order valence-corrected chi connectivity index (χ0v) is 17.5. The molecule has 0 saturated heterocycles. The van der Waals surface area contributed by atoms with Gasteiger partial charge in [-0.2, -0.15) is 4.31 Å². The summed E-state index contributed by atoms with van der Waals surface area (Å²) in [4.78, 5) is 25.7. The van der Waals surface area contributed by atoms with Crippen molar-refractivity contribution in [2.24, 2.45) is 0 Å². The highest BCUT2D eigenvalue weighted by atomic mass is 35.5. The number of ether oxygens (including phenoxy) is 2. The molecule has 10 heteroatoms. The fourth-order valence-electron chi connectivity index (χ4n) is 2.83. The first-order valence-corrected chi connectivity index (χ1v) is 10.5. The number of sulfonamides is 1. The lowest BCUT2D eigenvalue weighted by atomic mass is 10.2. The molecule has 1 aliphatic rings. The fraction of sp³-hybridized carbons (Fsp3) is 0.263. The number of benzene rings is 2. The van der Waals surface area contributed by atoms with Gasteiger partial charge in [-0.1, -0.05) is 11.6 Å². The third kappa shape index (κ3) is 3.88. The number of carbonyl (C=O) groups is 2. The van der Waals surface area contributed by atoms with Crippen molar-refractivity contribution in [2.45, 2.75) is 24.8 Å². The minimum atomic E-state index is -4.15. The molecular formula is C19H19ClN2O6S. The molecule has 154 valence electrons. The molecule has 0 N–H and O–H groups in total.